The van der Waals surface area contributed by atoms with Crippen molar-refractivity contribution >= 4 is 35.1 Å². The Morgan fingerprint density at radius 3 is 2.28 bits per heavy atom. The van der Waals surface area contributed by atoms with Gasteiger partial charge in [-0.15, -0.1) is 0 Å². The number of pyridine rings is 1. The Bertz CT molecular complexity index is 1220. The number of carbonyl (C=O) groups is 4. The molecule has 0 aliphatic rings. The van der Waals surface area contributed by atoms with Gasteiger partial charge in [0.1, 0.15) is 17.9 Å². The van der Waals surface area contributed by atoms with Crippen LogP contribution in [0.5, 0.6) is 0 Å². The molecule has 0 fully saturated rings. The number of hydrogen-bond acceptors (Lipinski definition) is 5. The zero-order valence-electron chi connectivity index (χ0n) is 19.3. The molecule has 2 atom stereocenters. The molecule has 36 heavy (non-hydrogen) atoms. The third-order valence-corrected chi connectivity index (χ3v) is 5.43. The number of ketones is 1. The SMILES string of the molecule is C[C@@H](NC(=O)c1ccc(F)cc1)C(=O)N[C@H](Cc1ccccc1)C(=O)C(=O)NCc1ccc(Cl)cn1. The molecule has 0 saturated carbocycles. The minimum Gasteiger partial charge on any atom is -0.344 e. The molecule has 0 spiro atoms. The third kappa shape index (κ3) is 7.71. The molecule has 0 unspecified atom stereocenters. The van der Waals surface area contributed by atoms with E-state index in [9.17, 15) is 23.6 Å². The molecule has 1 aromatic heterocycles. The van der Waals surface area contributed by atoms with Gasteiger partial charge in [0.15, 0.2) is 0 Å². The largest absolute Gasteiger partial charge is 0.344 e. The summed E-state index contributed by atoms with van der Waals surface area (Å²) >= 11 is 5.80. The van der Waals surface area contributed by atoms with Gasteiger partial charge in [-0.2, -0.15) is 0 Å². The van der Waals surface area contributed by atoms with Gasteiger partial charge >= 0.3 is 0 Å². The van der Waals surface area contributed by atoms with Crippen LogP contribution in [0, 0.1) is 5.82 Å². The van der Waals surface area contributed by atoms with Gasteiger partial charge in [-0.1, -0.05) is 41.9 Å². The highest BCUT2D eigenvalue weighted by molar-refractivity contribution is 6.38. The summed E-state index contributed by atoms with van der Waals surface area (Å²) in [5.74, 6) is -3.48. The molecule has 1 heterocycles. The maximum atomic E-state index is 13.1. The van der Waals surface area contributed by atoms with Crippen LogP contribution in [0.2, 0.25) is 5.02 Å². The lowest BCUT2D eigenvalue weighted by atomic mass is 10.0. The summed E-state index contributed by atoms with van der Waals surface area (Å²) in [5, 5.41) is 8.00. The Labute approximate surface area is 212 Å². The third-order valence-electron chi connectivity index (χ3n) is 5.21. The van der Waals surface area contributed by atoms with Crippen molar-refractivity contribution in [3.05, 3.63) is 101 Å². The van der Waals surface area contributed by atoms with Gasteiger partial charge < -0.3 is 16.0 Å². The topological polar surface area (TPSA) is 117 Å². The van der Waals surface area contributed by atoms with Crippen molar-refractivity contribution in [3.8, 4) is 0 Å². The summed E-state index contributed by atoms with van der Waals surface area (Å²) in [4.78, 5) is 54.8. The van der Waals surface area contributed by atoms with Crippen molar-refractivity contribution in [2.75, 3.05) is 0 Å². The number of benzene rings is 2. The highest BCUT2D eigenvalue weighted by atomic mass is 35.5. The molecule has 3 amide bonds. The fraction of sp³-hybridized carbons (Fsp3) is 0.192. The first-order valence-electron chi connectivity index (χ1n) is 11.1. The molecule has 0 aliphatic carbocycles. The van der Waals surface area contributed by atoms with Crippen LogP contribution in [0.4, 0.5) is 4.39 Å². The first-order chi connectivity index (χ1) is 17.2. The molecule has 186 valence electrons. The van der Waals surface area contributed by atoms with Crippen molar-refractivity contribution in [1.82, 2.24) is 20.9 Å². The maximum absolute atomic E-state index is 13.1. The summed E-state index contributed by atoms with van der Waals surface area (Å²) in [7, 11) is 0. The van der Waals surface area contributed by atoms with Gasteiger partial charge in [0.05, 0.1) is 17.3 Å². The molecule has 0 saturated heterocycles. The molecule has 8 nitrogen and oxygen atoms in total. The van der Waals surface area contributed by atoms with Gasteiger partial charge in [0, 0.05) is 18.2 Å². The van der Waals surface area contributed by atoms with Crippen molar-refractivity contribution in [3.63, 3.8) is 0 Å². The number of Topliss-reactive ketones (excluding diaryl/α,β-unsaturated/α-hetero) is 1. The van der Waals surface area contributed by atoms with Crippen molar-refractivity contribution in [2.45, 2.75) is 32.0 Å². The summed E-state index contributed by atoms with van der Waals surface area (Å²) in [6, 6.07) is 14.7. The summed E-state index contributed by atoms with van der Waals surface area (Å²) < 4.78 is 13.1. The molecule has 2 aromatic carbocycles. The van der Waals surface area contributed by atoms with E-state index in [1.165, 1.54) is 25.3 Å². The first-order valence-corrected chi connectivity index (χ1v) is 11.4. The normalized spacial score (nSPS) is 12.2. The summed E-state index contributed by atoms with van der Waals surface area (Å²) in [6.07, 6.45) is 1.49. The molecular formula is C26H24ClFN4O4. The van der Waals surface area contributed by atoms with Crippen molar-refractivity contribution in [1.29, 1.82) is 0 Å². The summed E-state index contributed by atoms with van der Waals surface area (Å²) in [6.45, 7) is 1.44. The zero-order valence-corrected chi connectivity index (χ0v) is 20.1. The standard InChI is InChI=1S/C26H24ClFN4O4/c1-16(31-25(35)18-7-10-20(28)11-8-18)24(34)32-22(13-17-5-3-2-4-6-17)23(33)26(36)30-15-21-12-9-19(27)14-29-21/h2-12,14,16,22H,13,15H2,1H3,(H,30,36)(H,31,35)(H,32,34)/t16-,22-/m1/s1. The Morgan fingerprint density at radius 2 is 1.64 bits per heavy atom. The van der Waals surface area contributed by atoms with E-state index >= 15 is 0 Å². The predicted molar refractivity (Wildman–Crippen MR) is 132 cm³/mol. The van der Waals surface area contributed by atoms with Crippen LogP contribution in [0.15, 0.2) is 72.9 Å². The van der Waals surface area contributed by atoms with Crippen LogP contribution in [0.1, 0.15) is 28.5 Å². The highest BCUT2D eigenvalue weighted by Crippen LogP contribution is 2.08. The number of nitrogens with one attached hydrogen (secondary N) is 3. The van der Waals surface area contributed by atoms with E-state index in [2.05, 4.69) is 20.9 Å². The average molecular weight is 511 g/mol. The average Bonchev–Trinajstić information content (AvgIpc) is 2.88. The Morgan fingerprint density at radius 1 is 0.944 bits per heavy atom. The second kappa shape index (κ2) is 12.6. The second-order valence-corrected chi connectivity index (χ2v) is 8.40. The number of carbonyl (C=O) groups excluding carboxylic acids is 4. The van der Waals surface area contributed by atoms with Crippen LogP contribution >= 0.6 is 11.6 Å². The van der Waals surface area contributed by atoms with Crippen LogP contribution in [-0.2, 0) is 27.3 Å². The fourth-order valence-electron chi connectivity index (χ4n) is 3.23. The Balaban J connectivity index is 1.66. The highest BCUT2D eigenvalue weighted by Gasteiger charge is 2.29. The lowest BCUT2D eigenvalue weighted by molar-refractivity contribution is -0.140. The molecule has 3 N–H and O–H groups in total. The van der Waals surface area contributed by atoms with Crippen LogP contribution in [-0.4, -0.2) is 40.6 Å². The minimum absolute atomic E-state index is 0.00211. The van der Waals surface area contributed by atoms with Gasteiger partial charge in [-0.05, 0) is 48.9 Å². The number of amides is 3. The molecule has 10 heteroatoms. The summed E-state index contributed by atoms with van der Waals surface area (Å²) in [5.41, 5.74) is 1.40. The molecule has 3 aromatic rings. The van der Waals surface area contributed by atoms with Gasteiger partial charge in [0.25, 0.3) is 11.8 Å². The van der Waals surface area contributed by atoms with E-state index in [0.717, 1.165) is 17.7 Å². The monoisotopic (exact) mass is 510 g/mol. The van der Waals surface area contributed by atoms with E-state index in [1.807, 2.05) is 0 Å². The van der Waals surface area contributed by atoms with E-state index < -0.39 is 41.4 Å². The van der Waals surface area contributed by atoms with Crippen LogP contribution in [0.25, 0.3) is 0 Å². The fourth-order valence-corrected chi connectivity index (χ4v) is 3.34. The number of hydrogen-bond donors (Lipinski definition) is 3. The van der Waals surface area contributed by atoms with E-state index in [1.54, 1.807) is 42.5 Å². The number of aromatic nitrogens is 1. The predicted octanol–water partition coefficient (Wildman–Crippen LogP) is 2.61. The minimum atomic E-state index is -1.18. The lowest BCUT2D eigenvalue weighted by Crippen LogP contribution is -2.53. The molecule has 0 radical (unpaired) electrons. The quantitative estimate of drug-likeness (QED) is 0.362. The van der Waals surface area contributed by atoms with E-state index in [0.29, 0.717) is 10.7 Å². The van der Waals surface area contributed by atoms with E-state index in [4.69, 9.17) is 11.6 Å². The van der Waals surface area contributed by atoms with Gasteiger partial charge in [-0.25, -0.2) is 4.39 Å². The molecular weight excluding hydrogens is 487 g/mol. The Kier molecular flexibility index (Phi) is 9.24. The molecule has 0 aliphatic heterocycles. The molecule has 0 bridgehead atoms. The smallest absolute Gasteiger partial charge is 0.289 e. The Hall–Kier alpha value is -4.11. The first kappa shape index (κ1) is 26.5. The van der Waals surface area contributed by atoms with Gasteiger partial charge in [-0.3, -0.25) is 24.2 Å². The molecule has 3 rings (SSSR count). The zero-order chi connectivity index (χ0) is 26.1. The maximum Gasteiger partial charge on any atom is 0.289 e. The second-order valence-electron chi connectivity index (χ2n) is 7.97. The van der Waals surface area contributed by atoms with E-state index in [-0.39, 0.29) is 18.5 Å². The van der Waals surface area contributed by atoms with Crippen LogP contribution < -0.4 is 16.0 Å². The number of nitrogens with zero attached hydrogens (tertiary/aromatic N) is 1. The number of rotatable bonds is 10. The van der Waals surface area contributed by atoms with Crippen molar-refractivity contribution < 1.29 is 23.6 Å². The lowest BCUT2D eigenvalue weighted by Gasteiger charge is -2.21. The number of halogens is 2. The van der Waals surface area contributed by atoms with Crippen molar-refractivity contribution in [2.24, 2.45) is 0 Å². The van der Waals surface area contributed by atoms with Gasteiger partial charge in [0.2, 0.25) is 11.7 Å². The van der Waals surface area contributed by atoms with Crippen LogP contribution in [0.3, 0.4) is 0 Å².